The molecule has 1 aromatic heterocycles. The molecule has 0 bridgehead atoms. The van der Waals surface area contributed by atoms with E-state index in [1.54, 1.807) is 30.3 Å². The van der Waals surface area contributed by atoms with Gasteiger partial charge in [0.2, 0.25) is 0 Å². The highest BCUT2D eigenvalue weighted by Gasteiger charge is 2.23. The Bertz CT molecular complexity index is 1490. The van der Waals surface area contributed by atoms with Crippen LogP contribution in [0, 0.1) is 28.9 Å². The second kappa shape index (κ2) is 10.8. The second-order valence-electron chi connectivity index (χ2n) is 9.37. The lowest BCUT2D eigenvalue weighted by Gasteiger charge is -2.23. The normalized spacial score (nSPS) is 14.0. The van der Waals surface area contributed by atoms with Gasteiger partial charge in [-0.15, -0.1) is 0 Å². The summed E-state index contributed by atoms with van der Waals surface area (Å²) in [5, 5.41) is 9.66. The van der Waals surface area contributed by atoms with Crippen LogP contribution in [0.15, 0.2) is 48.5 Å². The van der Waals surface area contributed by atoms with Gasteiger partial charge in [0, 0.05) is 29.3 Å². The number of halogens is 3. The molecule has 0 radical (unpaired) electrons. The lowest BCUT2D eigenvalue weighted by Crippen LogP contribution is -2.15. The largest absolute Gasteiger partial charge is 0.496 e. The Kier molecular flexibility index (Phi) is 7.29. The number of ether oxygens (including phenoxy) is 2. The van der Waals surface area contributed by atoms with Crippen molar-refractivity contribution in [3.63, 3.8) is 0 Å². The fraction of sp³-hybridized carbons (Fsp3) is 0.310. The maximum atomic E-state index is 14.3. The van der Waals surface area contributed by atoms with Crippen molar-refractivity contribution < 1.29 is 18.3 Å². The summed E-state index contributed by atoms with van der Waals surface area (Å²) in [6.45, 7) is 0.816. The van der Waals surface area contributed by atoms with Crippen molar-refractivity contribution in [2.75, 3.05) is 7.11 Å². The van der Waals surface area contributed by atoms with Gasteiger partial charge in [0.1, 0.15) is 23.9 Å². The molecule has 1 fully saturated rings. The number of fused-ring (bicyclic) bond motifs is 1. The zero-order valence-corrected chi connectivity index (χ0v) is 21.2. The average Bonchev–Trinajstić information content (AvgIpc) is 3.24. The molecular formula is C29H26ClF2N3O2. The monoisotopic (exact) mass is 521 g/mol. The lowest BCUT2D eigenvalue weighted by molar-refractivity contribution is 0.297. The molecule has 5 rings (SSSR count). The first-order valence-corrected chi connectivity index (χ1v) is 12.7. The lowest BCUT2D eigenvalue weighted by atomic mass is 9.89. The van der Waals surface area contributed by atoms with E-state index in [1.165, 1.54) is 19.6 Å². The minimum absolute atomic E-state index is 0.161. The van der Waals surface area contributed by atoms with Gasteiger partial charge in [-0.05, 0) is 49.1 Å². The van der Waals surface area contributed by atoms with Crippen LogP contribution < -0.4 is 9.47 Å². The van der Waals surface area contributed by atoms with E-state index in [1.807, 2.05) is 10.6 Å². The van der Waals surface area contributed by atoms with E-state index in [0.717, 1.165) is 37.3 Å². The molecule has 4 aromatic rings. The molecule has 0 unspecified atom stereocenters. The van der Waals surface area contributed by atoms with E-state index in [4.69, 9.17) is 26.1 Å². The average molecular weight is 522 g/mol. The third-order valence-corrected chi connectivity index (χ3v) is 7.17. The Morgan fingerprint density at radius 3 is 2.57 bits per heavy atom. The maximum absolute atomic E-state index is 14.3. The predicted octanol–water partition coefficient (Wildman–Crippen LogP) is 7.67. The van der Waals surface area contributed by atoms with Crippen molar-refractivity contribution in [3.05, 3.63) is 76.3 Å². The second-order valence-corrected chi connectivity index (χ2v) is 9.81. The third-order valence-electron chi connectivity index (χ3n) is 6.94. The van der Waals surface area contributed by atoms with Gasteiger partial charge < -0.3 is 14.0 Å². The molecule has 37 heavy (non-hydrogen) atoms. The van der Waals surface area contributed by atoms with E-state index in [0.29, 0.717) is 57.0 Å². The number of benzene rings is 3. The van der Waals surface area contributed by atoms with Crippen LogP contribution in [-0.4, -0.2) is 16.7 Å². The zero-order chi connectivity index (χ0) is 25.9. The van der Waals surface area contributed by atoms with Gasteiger partial charge in [-0.25, -0.2) is 13.8 Å². The molecule has 0 amide bonds. The van der Waals surface area contributed by atoms with Crippen LogP contribution in [0.5, 0.6) is 11.5 Å². The van der Waals surface area contributed by atoms with Gasteiger partial charge in [0.05, 0.1) is 35.3 Å². The highest BCUT2D eigenvalue weighted by molar-refractivity contribution is 6.30. The van der Waals surface area contributed by atoms with Crippen LogP contribution in [0.2, 0.25) is 5.02 Å². The molecule has 0 atom stereocenters. The molecule has 5 nitrogen and oxygen atoms in total. The zero-order valence-electron chi connectivity index (χ0n) is 20.4. The molecule has 8 heteroatoms. The van der Waals surface area contributed by atoms with E-state index >= 15 is 0 Å². The molecule has 0 aliphatic heterocycles. The summed E-state index contributed by atoms with van der Waals surface area (Å²) in [6.07, 6.45) is 5.73. The first kappa shape index (κ1) is 25.0. The van der Waals surface area contributed by atoms with Gasteiger partial charge >= 0.3 is 0 Å². The molecule has 1 saturated carbocycles. The minimum Gasteiger partial charge on any atom is -0.496 e. The van der Waals surface area contributed by atoms with E-state index in [9.17, 15) is 14.0 Å². The van der Waals surface area contributed by atoms with Crippen molar-refractivity contribution in [1.29, 1.82) is 5.26 Å². The van der Waals surface area contributed by atoms with Gasteiger partial charge in [0.25, 0.3) is 0 Å². The topological polar surface area (TPSA) is 60.1 Å². The molecule has 190 valence electrons. The fourth-order valence-electron chi connectivity index (χ4n) is 5.03. The summed E-state index contributed by atoms with van der Waals surface area (Å²) in [5.74, 6) is 0.200. The molecule has 1 aliphatic carbocycles. The molecular weight excluding hydrogens is 496 g/mol. The Hall–Kier alpha value is -3.63. The Balaban J connectivity index is 1.56. The molecule has 0 spiro atoms. The summed E-state index contributed by atoms with van der Waals surface area (Å²) in [5.41, 5.74) is 2.85. The van der Waals surface area contributed by atoms with Crippen LogP contribution in [0.25, 0.3) is 22.4 Å². The first-order chi connectivity index (χ1) is 18.0. The smallest absolute Gasteiger partial charge is 0.161 e. The standard InChI is InChI=1S/C29H26ClF2N3O2/c1-36-27-11-19(15-33)7-8-20(27)17-37-28-12-21(30)9-10-22(28)29-34-25-13-23(31)24(32)14-26(25)35(29)16-18-5-3-2-4-6-18/h7-14,18H,2-6,16-17H2,1H3. The number of imidazole rings is 1. The van der Waals surface area contributed by atoms with Crippen LogP contribution in [0.3, 0.4) is 0 Å². The number of hydrogen-bond donors (Lipinski definition) is 0. The van der Waals surface area contributed by atoms with E-state index < -0.39 is 11.6 Å². The van der Waals surface area contributed by atoms with E-state index in [-0.39, 0.29) is 6.61 Å². The number of nitriles is 1. The quantitative estimate of drug-likeness (QED) is 0.250. The number of methoxy groups -OCH3 is 1. The number of nitrogens with zero attached hydrogens (tertiary/aromatic N) is 3. The van der Waals surface area contributed by atoms with Gasteiger partial charge in [-0.3, -0.25) is 0 Å². The van der Waals surface area contributed by atoms with Gasteiger partial charge in [0.15, 0.2) is 11.6 Å². The van der Waals surface area contributed by atoms with Crippen molar-refractivity contribution in [3.8, 4) is 29.0 Å². The fourth-order valence-corrected chi connectivity index (χ4v) is 5.19. The van der Waals surface area contributed by atoms with Crippen molar-refractivity contribution in [2.24, 2.45) is 5.92 Å². The van der Waals surface area contributed by atoms with Gasteiger partial charge in [-0.2, -0.15) is 5.26 Å². The van der Waals surface area contributed by atoms with Gasteiger partial charge in [-0.1, -0.05) is 36.9 Å². The highest BCUT2D eigenvalue weighted by Crippen LogP contribution is 2.37. The van der Waals surface area contributed by atoms with Crippen LogP contribution in [0.4, 0.5) is 8.78 Å². The number of hydrogen-bond acceptors (Lipinski definition) is 4. The summed E-state index contributed by atoms with van der Waals surface area (Å²) in [6, 6.07) is 14.9. The predicted molar refractivity (Wildman–Crippen MR) is 139 cm³/mol. The minimum atomic E-state index is -0.929. The van der Waals surface area contributed by atoms with Crippen molar-refractivity contribution >= 4 is 22.6 Å². The Labute approximate surface area is 219 Å². The number of rotatable bonds is 7. The summed E-state index contributed by atoms with van der Waals surface area (Å²) in [4.78, 5) is 4.72. The summed E-state index contributed by atoms with van der Waals surface area (Å²) < 4.78 is 42.0. The van der Waals surface area contributed by atoms with Crippen molar-refractivity contribution in [2.45, 2.75) is 45.3 Å². The molecule has 0 saturated heterocycles. The maximum Gasteiger partial charge on any atom is 0.161 e. The van der Waals surface area contributed by atoms with Crippen LogP contribution >= 0.6 is 11.6 Å². The summed E-state index contributed by atoms with van der Waals surface area (Å²) >= 11 is 6.33. The van der Waals surface area contributed by atoms with Crippen molar-refractivity contribution in [1.82, 2.24) is 9.55 Å². The third kappa shape index (κ3) is 5.26. The molecule has 3 aromatic carbocycles. The molecule has 0 N–H and O–H groups in total. The Morgan fingerprint density at radius 2 is 1.81 bits per heavy atom. The van der Waals surface area contributed by atoms with Crippen LogP contribution in [-0.2, 0) is 13.2 Å². The SMILES string of the molecule is COc1cc(C#N)ccc1COc1cc(Cl)ccc1-c1nc2cc(F)c(F)cc2n1CC1CCCCC1. The number of aromatic nitrogens is 2. The molecule has 1 aliphatic rings. The Morgan fingerprint density at radius 1 is 1.03 bits per heavy atom. The molecule has 1 heterocycles. The summed E-state index contributed by atoms with van der Waals surface area (Å²) in [7, 11) is 1.54. The first-order valence-electron chi connectivity index (χ1n) is 12.3. The highest BCUT2D eigenvalue weighted by atomic mass is 35.5. The van der Waals surface area contributed by atoms with E-state index in [2.05, 4.69) is 6.07 Å². The van der Waals surface area contributed by atoms with Crippen LogP contribution in [0.1, 0.15) is 43.2 Å².